The number of phenols is 8. The number of hydrogen-bond donors (Lipinski definition) is 10. The van der Waals surface area contributed by atoms with Crippen LogP contribution < -0.4 is 9.47 Å². The maximum atomic E-state index is 11.0. The Morgan fingerprint density at radius 2 is 0.884 bits per heavy atom. The molecular weight excluding hydrogens is 564 g/mol. The van der Waals surface area contributed by atoms with Crippen LogP contribution in [0.2, 0.25) is 0 Å². The van der Waals surface area contributed by atoms with Crippen LogP contribution in [0.15, 0.2) is 48.5 Å². The van der Waals surface area contributed by atoms with Gasteiger partial charge >= 0.3 is 0 Å². The van der Waals surface area contributed by atoms with Gasteiger partial charge in [0, 0.05) is 53.6 Å². The van der Waals surface area contributed by atoms with Gasteiger partial charge in [-0.2, -0.15) is 0 Å². The van der Waals surface area contributed by atoms with Crippen LogP contribution >= 0.6 is 0 Å². The molecule has 6 rings (SSSR count). The van der Waals surface area contributed by atoms with Crippen molar-refractivity contribution in [2.45, 2.75) is 43.7 Å². The first-order valence-corrected chi connectivity index (χ1v) is 13.3. The van der Waals surface area contributed by atoms with Gasteiger partial charge in [0.2, 0.25) is 0 Å². The fourth-order valence-electron chi connectivity index (χ4n) is 5.69. The van der Waals surface area contributed by atoms with Crippen molar-refractivity contribution >= 4 is 0 Å². The molecule has 12 heteroatoms. The van der Waals surface area contributed by atoms with Crippen LogP contribution in [0.1, 0.15) is 45.6 Å². The smallest absolute Gasteiger partial charge is 0.157 e. The Hall–Kier alpha value is -5.20. The quantitative estimate of drug-likeness (QED) is 0.155. The number of hydrogen-bond acceptors (Lipinski definition) is 12. The molecule has 0 spiro atoms. The van der Waals surface area contributed by atoms with E-state index in [-0.39, 0.29) is 76.0 Å². The highest BCUT2D eigenvalue weighted by Gasteiger charge is 2.38. The van der Waals surface area contributed by atoms with Crippen molar-refractivity contribution in [3.05, 3.63) is 81.9 Å². The summed E-state index contributed by atoms with van der Waals surface area (Å²) in [6.07, 6.45) is -4.96. The largest absolute Gasteiger partial charge is 0.507 e. The fourth-order valence-corrected chi connectivity index (χ4v) is 5.69. The van der Waals surface area contributed by atoms with E-state index in [1.54, 1.807) is 0 Å². The summed E-state index contributed by atoms with van der Waals surface area (Å²) in [5.41, 5.74) is 1.18. The van der Waals surface area contributed by atoms with Gasteiger partial charge in [-0.05, 0) is 35.4 Å². The lowest BCUT2D eigenvalue weighted by Crippen LogP contribution is -2.31. The number of aliphatic hydroxyl groups is 2. The number of benzene rings is 4. The first-order chi connectivity index (χ1) is 20.4. The van der Waals surface area contributed by atoms with Gasteiger partial charge in [-0.3, -0.25) is 0 Å². The van der Waals surface area contributed by atoms with E-state index >= 15 is 0 Å². The zero-order valence-corrected chi connectivity index (χ0v) is 22.3. The van der Waals surface area contributed by atoms with Crippen LogP contribution in [-0.2, 0) is 19.3 Å². The van der Waals surface area contributed by atoms with Gasteiger partial charge < -0.3 is 60.5 Å². The zero-order valence-electron chi connectivity index (χ0n) is 22.3. The molecule has 4 aromatic rings. The van der Waals surface area contributed by atoms with Crippen LogP contribution in [0.25, 0.3) is 0 Å². The Labute approximate surface area is 243 Å². The molecule has 2 heterocycles. The standard InChI is InChI=1S/C31H28O12/c32-18-3-1-12(5-24(18)38)28-26(40)8-16-22(36)10-20(34)14(30(16)42-28)7-15-21(35)11-23(37)17-9-27(41)29(43-31(15)17)13-2-4-19(33)25(39)6-13/h1-6,10-11,26-29,32-41H,7-9H2/t26-,27-,28-,29-/m1/s1. The second kappa shape index (κ2) is 10.3. The Morgan fingerprint density at radius 1 is 0.488 bits per heavy atom. The van der Waals surface area contributed by atoms with Crippen LogP contribution in [0.5, 0.6) is 57.5 Å². The van der Waals surface area contributed by atoms with Gasteiger partial charge in [-0.1, -0.05) is 12.1 Å². The lowest BCUT2D eigenvalue weighted by atomic mass is 9.88. The van der Waals surface area contributed by atoms with Crippen molar-refractivity contribution in [3.8, 4) is 57.5 Å². The molecule has 224 valence electrons. The average Bonchev–Trinajstić information content (AvgIpc) is 2.95. The summed E-state index contributed by atoms with van der Waals surface area (Å²) in [5, 5.41) is 104. The molecule has 0 radical (unpaired) electrons. The maximum absolute atomic E-state index is 11.0. The molecule has 0 bridgehead atoms. The van der Waals surface area contributed by atoms with E-state index in [0.29, 0.717) is 11.1 Å². The normalized spacial score (nSPS) is 20.9. The number of phenolic OH excluding ortho intramolecular Hbond substituents is 8. The van der Waals surface area contributed by atoms with Crippen LogP contribution in [0, 0.1) is 0 Å². The van der Waals surface area contributed by atoms with Crippen molar-refractivity contribution in [2.75, 3.05) is 0 Å². The highest BCUT2D eigenvalue weighted by molar-refractivity contribution is 5.64. The lowest BCUT2D eigenvalue weighted by Gasteiger charge is -2.34. The SMILES string of the molecule is Oc1ccc([C@H]2Oc3c(Cc4c(O)cc(O)c5c4O[C@H](c4ccc(O)c(O)c4)[C@H](O)C5)c(O)cc(O)c3C[C@H]2O)cc1O. The minimum Gasteiger partial charge on any atom is -0.507 e. The van der Waals surface area contributed by atoms with Crippen LogP contribution in [-0.4, -0.2) is 63.3 Å². The summed E-state index contributed by atoms with van der Waals surface area (Å²) in [7, 11) is 0. The van der Waals surface area contributed by atoms with Crippen molar-refractivity contribution in [1.29, 1.82) is 0 Å². The molecule has 10 N–H and O–H groups in total. The van der Waals surface area contributed by atoms with Crippen molar-refractivity contribution in [1.82, 2.24) is 0 Å². The molecule has 4 atom stereocenters. The van der Waals surface area contributed by atoms with E-state index in [1.165, 1.54) is 36.4 Å². The topological polar surface area (TPSA) is 221 Å². The number of rotatable bonds is 4. The molecule has 4 aromatic carbocycles. The molecule has 0 amide bonds. The molecule has 12 nitrogen and oxygen atoms in total. The summed E-state index contributed by atoms with van der Waals surface area (Å²) in [5.74, 6) is -3.09. The lowest BCUT2D eigenvalue weighted by molar-refractivity contribution is 0.0181. The number of aromatic hydroxyl groups is 8. The molecule has 2 aliphatic heterocycles. The van der Waals surface area contributed by atoms with Crippen LogP contribution in [0.4, 0.5) is 0 Å². The fraction of sp³-hybridized carbons (Fsp3) is 0.226. The molecule has 2 aliphatic rings. The first kappa shape index (κ1) is 27.9. The van der Waals surface area contributed by atoms with E-state index in [2.05, 4.69) is 0 Å². The van der Waals surface area contributed by atoms with Gasteiger partial charge in [0.15, 0.2) is 23.0 Å². The van der Waals surface area contributed by atoms with Gasteiger partial charge in [-0.25, -0.2) is 0 Å². The Kier molecular flexibility index (Phi) is 6.67. The minimum absolute atomic E-state index is 0.0115. The predicted octanol–water partition coefficient (Wildman–Crippen LogP) is 3.00. The number of ether oxygens (including phenoxy) is 2. The van der Waals surface area contributed by atoms with Gasteiger partial charge in [0.1, 0.15) is 46.7 Å². The third-order valence-corrected chi connectivity index (χ3v) is 7.90. The first-order valence-electron chi connectivity index (χ1n) is 13.3. The highest BCUT2D eigenvalue weighted by atomic mass is 16.5. The Bertz CT molecular complexity index is 1620. The third kappa shape index (κ3) is 4.76. The number of fused-ring (bicyclic) bond motifs is 2. The summed E-state index contributed by atoms with van der Waals surface area (Å²) in [6.45, 7) is 0. The molecule has 0 aromatic heterocycles. The predicted molar refractivity (Wildman–Crippen MR) is 148 cm³/mol. The zero-order chi connectivity index (χ0) is 30.7. The van der Waals surface area contributed by atoms with Crippen molar-refractivity contribution < 1.29 is 60.5 Å². The summed E-state index contributed by atoms with van der Waals surface area (Å²) >= 11 is 0. The molecule has 0 unspecified atom stereocenters. The second-order valence-electron chi connectivity index (χ2n) is 10.7. The second-order valence-corrected chi connectivity index (χ2v) is 10.7. The van der Waals surface area contributed by atoms with Gasteiger partial charge in [0.25, 0.3) is 0 Å². The summed E-state index contributed by atoms with van der Waals surface area (Å²) in [4.78, 5) is 0. The molecule has 0 aliphatic carbocycles. The van der Waals surface area contributed by atoms with Crippen molar-refractivity contribution in [3.63, 3.8) is 0 Å². The van der Waals surface area contributed by atoms with E-state index in [9.17, 15) is 51.1 Å². The molecule has 0 saturated carbocycles. The van der Waals surface area contributed by atoms with Gasteiger partial charge in [0.05, 0.1) is 12.2 Å². The third-order valence-electron chi connectivity index (χ3n) is 7.90. The van der Waals surface area contributed by atoms with Crippen LogP contribution in [0.3, 0.4) is 0 Å². The minimum atomic E-state index is -1.18. The number of aliphatic hydroxyl groups excluding tert-OH is 2. The molecule has 0 saturated heterocycles. The molecule has 43 heavy (non-hydrogen) atoms. The molecule has 0 fully saturated rings. The van der Waals surface area contributed by atoms with E-state index in [1.807, 2.05) is 0 Å². The maximum Gasteiger partial charge on any atom is 0.157 e. The Morgan fingerprint density at radius 3 is 1.26 bits per heavy atom. The highest BCUT2D eigenvalue weighted by Crippen LogP contribution is 2.51. The Balaban J connectivity index is 1.43. The molecular formula is C31H28O12. The summed E-state index contributed by atoms with van der Waals surface area (Å²) in [6, 6.07) is 9.94. The van der Waals surface area contributed by atoms with Crippen molar-refractivity contribution in [2.24, 2.45) is 0 Å². The summed E-state index contributed by atoms with van der Waals surface area (Å²) < 4.78 is 12.2. The average molecular weight is 593 g/mol. The van der Waals surface area contributed by atoms with E-state index < -0.39 is 47.4 Å². The van der Waals surface area contributed by atoms with E-state index in [4.69, 9.17) is 9.47 Å². The van der Waals surface area contributed by atoms with E-state index in [0.717, 1.165) is 12.1 Å². The monoisotopic (exact) mass is 592 g/mol. The van der Waals surface area contributed by atoms with Gasteiger partial charge in [-0.15, -0.1) is 0 Å².